The first-order valence-corrected chi connectivity index (χ1v) is 10.5. The lowest BCUT2D eigenvalue weighted by Gasteiger charge is -2.44. The van der Waals surface area contributed by atoms with E-state index in [0.29, 0.717) is 11.9 Å². The number of anilines is 2. The summed E-state index contributed by atoms with van der Waals surface area (Å²) in [4.78, 5) is 23.4. The predicted molar refractivity (Wildman–Crippen MR) is 114 cm³/mol. The van der Waals surface area contributed by atoms with E-state index >= 15 is 0 Å². The van der Waals surface area contributed by atoms with Gasteiger partial charge in [-0.15, -0.1) is 0 Å². The van der Waals surface area contributed by atoms with Crippen LogP contribution in [0.4, 0.5) is 11.6 Å². The van der Waals surface area contributed by atoms with Crippen LogP contribution in [0.1, 0.15) is 62.4 Å². The first-order chi connectivity index (χ1) is 14.0. The Balaban J connectivity index is 1.76. The SMILES string of the molecule is CC(=O)N1c2ccc(C3CCOCC3)cc2[C@H](Nc2nccc(C)n2)[C@@H](C)[C@@H]1C. The number of carbonyl (C=O) groups excluding carboxylic acids is 1. The molecule has 6 nitrogen and oxygen atoms in total. The molecule has 0 unspecified atom stereocenters. The fourth-order valence-corrected chi connectivity index (χ4v) is 4.67. The summed E-state index contributed by atoms with van der Waals surface area (Å²) < 4.78 is 5.54. The topological polar surface area (TPSA) is 67.3 Å². The van der Waals surface area contributed by atoms with Gasteiger partial charge < -0.3 is 15.0 Å². The zero-order chi connectivity index (χ0) is 20.5. The number of amides is 1. The number of hydrogen-bond donors (Lipinski definition) is 1. The van der Waals surface area contributed by atoms with Gasteiger partial charge in [-0.05, 0) is 55.9 Å². The molecule has 4 rings (SSSR count). The van der Waals surface area contributed by atoms with Crippen molar-refractivity contribution in [3.05, 3.63) is 47.3 Å². The number of nitrogens with one attached hydrogen (secondary N) is 1. The monoisotopic (exact) mass is 394 g/mol. The van der Waals surface area contributed by atoms with E-state index in [2.05, 4.69) is 47.3 Å². The number of rotatable bonds is 3. The largest absolute Gasteiger partial charge is 0.381 e. The minimum atomic E-state index is 0.0391. The van der Waals surface area contributed by atoms with Gasteiger partial charge in [-0.2, -0.15) is 0 Å². The summed E-state index contributed by atoms with van der Waals surface area (Å²) >= 11 is 0. The van der Waals surface area contributed by atoms with Crippen molar-refractivity contribution in [2.24, 2.45) is 5.92 Å². The maximum atomic E-state index is 12.5. The van der Waals surface area contributed by atoms with E-state index in [1.54, 1.807) is 13.1 Å². The third-order valence-electron chi connectivity index (χ3n) is 6.45. The summed E-state index contributed by atoms with van der Waals surface area (Å²) in [7, 11) is 0. The van der Waals surface area contributed by atoms with Gasteiger partial charge in [0.2, 0.25) is 11.9 Å². The quantitative estimate of drug-likeness (QED) is 0.844. The van der Waals surface area contributed by atoms with Crippen LogP contribution in [-0.2, 0) is 9.53 Å². The number of nitrogens with zero attached hydrogens (tertiary/aromatic N) is 3. The number of benzene rings is 1. The molecule has 3 heterocycles. The van der Waals surface area contributed by atoms with E-state index in [0.717, 1.165) is 43.0 Å². The van der Waals surface area contributed by atoms with Crippen LogP contribution in [0.25, 0.3) is 0 Å². The average molecular weight is 395 g/mol. The summed E-state index contributed by atoms with van der Waals surface area (Å²) in [5.41, 5.74) is 4.40. The summed E-state index contributed by atoms with van der Waals surface area (Å²) in [6, 6.07) is 8.61. The molecule has 6 heteroatoms. The van der Waals surface area contributed by atoms with Gasteiger partial charge in [-0.3, -0.25) is 4.79 Å². The van der Waals surface area contributed by atoms with Crippen LogP contribution in [0.5, 0.6) is 0 Å². The van der Waals surface area contributed by atoms with Gasteiger partial charge in [0.1, 0.15) is 0 Å². The van der Waals surface area contributed by atoms with Crippen LogP contribution in [0, 0.1) is 12.8 Å². The standard InChI is InChI=1S/C23H30N4O2/c1-14-7-10-24-23(25-14)26-22-15(2)16(3)27(17(4)28)21-6-5-19(13-20(21)22)18-8-11-29-12-9-18/h5-7,10,13,15-16,18,22H,8-9,11-12H2,1-4H3,(H,24,25,26)/t15-,16-,22+/m0/s1. The highest BCUT2D eigenvalue weighted by Crippen LogP contribution is 2.44. The van der Waals surface area contributed by atoms with Crippen molar-refractivity contribution in [2.75, 3.05) is 23.4 Å². The number of aromatic nitrogens is 2. The van der Waals surface area contributed by atoms with Crippen molar-refractivity contribution >= 4 is 17.5 Å². The second-order valence-corrected chi connectivity index (χ2v) is 8.34. The third kappa shape index (κ3) is 3.86. The Morgan fingerprint density at radius 2 is 1.97 bits per heavy atom. The number of hydrogen-bond acceptors (Lipinski definition) is 5. The summed E-state index contributed by atoms with van der Waals surface area (Å²) in [6.07, 6.45) is 3.86. The minimum Gasteiger partial charge on any atom is -0.381 e. The normalized spacial score (nSPS) is 24.8. The summed E-state index contributed by atoms with van der Waals surface area (Å²) in [6.45, 7) is 9.55. The van der Waals surface area contributed by atoms with Crippen LogP contribution in [0.2, 0.25) is 0 Å². The molecule has 2 aliphatic rings. The maximum absolute atomic E-state index is 12.5. The van der Waals surface area contributed by atoms with Crippen molar-refractivity contribution in [3.63, 3.8) is 0 Å². The molecule has 0 radical (unpaired) electrons. The van der Waals surface area contributed by atoms with E-state index in [1.165, 1.54) is 5.56 Å². The predicted octanol–water partition coefficient (Wildman–Crippen LogP) is 4.22. The molecule has 0 spiro atoms. The van der Waals surface area contributed by atoms with Crippen LogP contribution in [0.3, 0.4) is 0 Å². The lowest BCUT2D eigenvalue weighted by atomic mass is 9.80. The maximum Gasteiger partial charge on any atom is 0.224 e. The molecular formula is C23H30N4O2. The molecule has 2 aromatic rings. The first kappa shape index (κ1) is 19.8. The van der Waals surface area contributed by atoms with Crippen molar-refractivity contribution in [1.82, 2.24) is 9.97 Å². The molecule has 1 aromatic carbocycles. The number of carbonyl (C=O) groups is 1. The van der Waals surface area contributed by atoms with E-state index in [-0.39, 0.29) is 23.9 Å². The zero-order valence-electron chi connectivity index (χ0n) is 17.7. The van der Waals surface area contributed by atoms with Crippen molar-refractivity contribution in [1.29, 1.82) is 0 Å². The Labute approximate surface area is 172 Å². The Hall–Kier alpha value is -2.47. The smallest absolute Gasteiger partial charge is 0.224 e. The Bertz CT molecular complexity index is 894. The van der Waals surface area contributed by atoms with E-state index in [4.69, 9.17) is 4.74 Å². The highest BCUT2D eigenvalue weighted by atomic mass is 16.5. The van der Waals surface area contributed by atoms with Crippen LogP contribution in [-0.4, -0.2) is 35.1 Å². The fraction of sp³-hybridized carbons (Fsp3) is 0.522. The molecule has 2 aliphatic heterocycles. The second-order valence-electron chi connectivity index (χ2n) is 8.34. The molecule has 0 aliphatic carbocycles. The molecular weight excluding hydrogens is 364 g/mol. The van der Waals surface area contributed by atoms with Gasteiger partial charge in [0.05, 0.1) is 6.04 Å². The Kier molecular flexibility index (Phi) is 5.54. The molecule has 1 amide bonds. The van der Waals surface area contributed by atoms with Crippen LogP contribution >= 0.6 is 0 Å². The number of ether oxygens (including phenoxy) is 1. The minimum absolute atomic E-state index is 0.0391. The third-order valence-corrected chi connectivity index (χ3v) is 6.45. The van der Waals surface area contributed by atoms with E-state index in [9.17, 15) is 4.79 Å². The van der Waals surface area contributed by atoms with Crippen molar-refractivity contribution < 1.29 is 9.53 Å². The highest BCUT2D eigenvalue weighted by molar-refractivity contribution is 5.94. The van der Waals surface area contributed by atoms with Gasteiger partial charge in [-0.1, -0.05) is 19.1 Å². The van der Waals surface area contributed by atoms with Gasteiger partial charge in [-0.25, -0.2) is 9.97 Å². The zero-order valence-corrected chi connectivity index (χ0v) is 17.7. The van der Waals surface area contributed by atoms with Crippen molar-refractivity contribution in [3.8, 4) is 0 Å². The average Bonchev–Trinajstić information content (AvgIpc) is 2.72. The molecule has 3 atom stereocenters. The molecule has 1 N–H and O–H groups in total. The molecule has 154 valence electrons. The molecule has 1 fully saturated rings. The highest BCUT2D eigenvalue weighted by Gasteiger charge is 2.39. The van der Waals surface area contributed by atoms with E-state index < -0.39 is 0 Å². The Morgan fingerprint density at radius 1 is 1.21 bits per heavy atom. The first-order valence-electron chi connectivity index (χ1n) is 10.5. The van der Waals surface area contributed by atoms with Crippen LogP contribution in [0.15, 0.2) is 30.5 Å². The van der Waals surface area contributed by atoms with Crippen LogP contribution < -0.4 is 10.2 Å². The lowest BCUT2D eigenvalue weighted by Crippen LogP contribution is -2.48. The summed E-state index contributed by atoms with van der Waals surface area (Å²) in [5.74, 6) is 1.42. The summed E-state index contributed by atoms with van der Waals surface area (Å²) in [5, 5.41) is 3.56. The van der Waals surface area contributed by atoms with Gasteiger partial charge in [0.15, 0.2) is 0 Å². The Morgan fingerprint density at radius 3 is 2.66 bits per heavy atom. The number of aryl methyl sites for hydroxylation is 1. The number of fused-ring (bicyclic) bond motifs is 1. The van der Waals surface area contributed by atoms with Gasteiger partial charge >= 0.3 is 0 Å². The second kappa shape index (κ2) is 8.11. The molecule has 0 saturated carbocycles. The lowest BCUT2D eigenvalue weighted by molar-refractivity contribution is -0.117. The van der Waals surface area contributed by atoms with E-state index in [1.807, 2.05) is 17.9 Å². The molecule has 29 heavy (non-hydrogen) atoms. The molecule has 1 saturated heterocycles. The van der Waals surface area contributed by atoms with Gasteiger partial charge in [0.25, 0.3) is 0 Å². The molecule has 1 aromatic heterocycles. The molecule has 0 bridgehead atoms. The fourth-order valence-electron chi connectivity index (χ4n) is 4.67. The van der Waals surface area contributed by atoms with Crippen molar-refractivity contribution in [2.45, 2.75) is 58.5 Å². The van der Waals surface area contributed by atoms with Gasteiger partial charge in [0, 0.05) is 49.7 Å².